The van der Waals surface area contributed by atoms with Crippen LogP contribution in [0.5, 0.6) is 0 Å². The third-order valence-corrected chi connectivity index (χ3v) is 5.99. The maximum Gasteiger partial charge on any atom is 0.0644 e. The molecular formula is C20H24N4. The second-order valence-electron chi connectivity index (χ2n) is 7.35. The van der Waals surface area contributed by atoms with E-state index in [-0.39, 0.29) is 0 Å². The van der Waals surface area contributed by atoms with Crippen LogP contribution in [-0.2, 0) is 6.54 Å². The average Bonchev–Trinajstić information content (AvgIpc) is 2.94. The van der Waals surface area contributed by atoms with E-state index in [0.717, 1.165) is 19.6 Å². The number of likely N-dealkylation sites (tertiary alicyclic amines) is 1. The number of nitrogens with zero attached hydrogens (tertiary/aromatic N) is 4. The van der Waals surface area contributed by atoms with Crippen molar-refractivity contribution >= 4 is 11.4 Å². The maximum atomic E-state index is 4.51. The molecule has 2 atom stereocenters. The molecule has 24 heavy (non-hydrogen) atoms. The highest BCUT2D eigenvalue weighted by Gasteiger charge is 2.44. The van der Waals surface area contributed by atoms with Crippen LogP contribution in [0.1, 0.15) is 23.6 Å². The molecule has 0 amide bonds. The van der Waals surface area contributed by atoms with Crippen molar-refractivity contribution in [3.8, 4) is 0 Å². The Labute approximate surface area is 143 Å². The molecule has 3 aliphatic heterocycles. The zero-order valence-electron chi connectivity index (χ0n) is 14.2. The number of hydrogen-bond donors (Lipinski definition) is 0. The van der Waals surface area contributed by atoms with Gasteiger partial charge in [-0.3, -0.25) is 9.88 Å². The molecule has 4 nitrogen and oxygen atoms in total. The van der Waals surface area contributed by atoms with Gasteiger partial charge in [0, 0.05) is 57.9 Å². The van der Waals surface area contributed by atoms with Gasteiger partial charge in [-0.1, -0.05) is 18.2 Å². The largest absolute Gasteiger partial charge is 0.371 e. The zero-order chi connectivity index (χ0) is 16.1. The maximum absolute atomic E-state index is 4.51. The van der Waals surface area contributed by atoms with Gasteiger partial charge in [0.05, 0.1) is 17.1 Å². The number of hydrogen-bond acceptors (Lipinski definition) is 4. The molecule has 0 spiro atoms. The van der Waals surface area contributed by atoms with Crippen molar-refractivity contribution in [2.45, 2.75) is 24.9 Å². The van der Waals surface area contributed by atoms with Gasteiger partial charge in [-0.15, -0.1) is 0 Å². The Morgan fingerprint density at radius 1 is 1.08 bits per heavy atom. The molecule has 0 radical (unpaired) electrons. The molecule has 2 aromatic rings. The molecule has 1 aromatic carbocycles. The predicted octanol–water partition coefficient (Wildman–Crippen LogP) is 2.71. The van der Waals surface area contributed by atoms with E-state index in [0.29, 0.717) is 12.0 Å². The van der Waals surface area contributed by atoms with Crippen molar-refractivity contribution in [2.24, 2.45) is 0 Å². The average molecular weight is 320 g/mol. The molecule has 0 saturated carbocycles. The van der Waals surface area contributed by atoms with Gasteiger partial charge in [-0.25, -0.2) is 0 Å². The van der Waals surface area contributed by atoms with E-state index in [2.05, 4.69) is 57.1 Å². The van der Waals surface area contributed by atoms with Crippen LogP contribution < -0.4 is 9.80 Å². The minimum atomic E-state index is 0.643. The second kappa shape index (κ2) is 5.49. The molecule has 5 rings (SSSR count). The summed E-state index contributed by atoms with van der Waals surface area (Å²) in [7, 11) is 2.22. The van der Waals surface area contributed by atoms with E-state index >= 15 is 0 Å². The highest BCUT2D eigenvalue weighted by Crippen LogP contribution is 2.50. The summed E-state index contributed by atoms with van der Waals surface area (Å²) >= 11 is 0. The molecule has 4 heteroatoms. The summed E-state index contributed by atoms with van der Waals surface area (Å²) in [5, 5.41) is 0. The van der Waals surface area contributed by atoms with E-state index in [1.54, 1.807) is 5.56 Å². The number of aromatic nitrogens is 1. The van der Waals surface area contributed by atoms with Crippen molar-refractivity contribution in [2.75, 3.05) is 43.0 Å². The Bertz CT molecular complexity index is 745. The topological polar surface area (TPSA) is 22.6 Å². The number of pyridine rings is 1. The molecule has 1 saturated heterocycles. The third-order valence-electron chi connectivity index (χ3n) is 5.99. The Morgan fingerprint density at radius 2 is 2.04 bits per heavy atom. The fourth-order valence-electron chi connectivity index (χ4n) is 4.84. The smallest absolute Gasteiger partial charge is 0.0644 e. The van der Waals surface area contributed by atoms with Crippen LogP contribution in [0.4, 0.5) is 11.4 Å². The van der Waals surface area contributed by atoms with Gasteiger partial charge in [0.1, 0.15) is 0 Å². The SMILES string of the molecule is CN1CCN2c3c(cccc31)[C@@H]1CN(Cc3ccccn3)CC[C@@H]12. The van der Waals surface area contributed by atoms with E-state index < -0.39 is 0 Å². The number of likely N-dealkylation sites (N-methyl/N-ethyl adjacent to an activating group) is 1. The molecule has 1 fully saturated rings. The van der Waals surface area contributed by atoms with Crippen molar-refractivity contribution in [1.29, 1.82) is 0 Å². The summed E-state index contributed by atoms with van der Waals surface area (Å²) in [6.07, 6.45) is 3.16. The first-order valence-electron chi connectivity index (χ1n) is 9.04. The first-order chi connectivity index (χ1) is 11.8. The summed E-state index contributed by atoms with van der Waals surface area (Å²) < 4.78 is 0. The standard InChI is InChI=1S/C20H24N4/c1-22-11-12-24-18-8-10-23(13-15-5-2-3-9-21-15)14-17(18)16-6-4-7-19(22)20(16)24/h2-7,9,17-18H,8,10-14H2,1H3/t17-,18-/m0/s1. The van der Waals surface area contributed by atoms with Gasteiger partial charge in [-0.2, -0.15) is 0 Å². The molecule has 0 N–H and O–H groups in total. The fraction of sp³-hybridized carbons (Fsp3) is 0.450. The van der Waals surface area contributed by atoms with E-state index in [1.165, 1.54) is 36.6 Å². The number of benzene rings is 1. The monoisotopic (exact) mass is 320 g/mol. The minimum absolute atomic E-state index is 0.643. The molecule has 0 bridgehead atoms. The van der Waals surface area contributed by atoms with Gasteiger partial charge in [0.2, 0.25) is 0 Å². The van der Waals surface area contributed by atoms with Crippen molar-refractivity contribution in [3.05, 3.63) is 53.9 Å². The van der Waals surface area contributed by atoms with Crippen LogP contribution >= 0.6 is 0 Å². The van der Waals surface area contributed by atoms with Crippen LogP contribution in [0.2, 0.25) is 0 Å². The quantitative estimate of drug-likeness (QED) is 0.848. The molecule has 3 aliphatic rings. The zero-order valence-corrected chi connectivity index (χ0v) is 14.2. The highest BCUT2D eigenvalue weighted by atomic mass is 15.3. The number of rotatable bonds is 2. The van der Waals surface area contributed by atoms with Crippen molar-refractivity contribution in [1.82, 2.24) is 9.88 Å². The van der Waals surface area contributed by atoms with Crippen molar-refractivity contribution < 1.29 is 0 Å². The van der Waals surface area contributed by atoms with E-state index in [9.17, 15) is 0 Å². The minimum Gasteiger partial charge on any atom is -0.371 e. The molecular weight excluding hydrogens is 296 g/mol. The number of fused-ring (bicyclic) bond motifs is 3. The van der Waals surface area contributed by atoms with Crippen LogP contribution in [-0.4, -0.2) is 49.2 Å². The lowest BCUT2D eigenvalue weighted by Crippen LogP contribution is -2.49. The second-order valence-corrected chi connectivity index (χ2v) is 7.35. The van der Waals surface area contributed by atoms with Crippen molar-refractivity contribution in [3.63, 3.8) is 0 Å². The number of anilines is 2. The summed E-state index contributed by atoms with van der Waals surface area (Å²) in [4.78, 5) is 12.2. The van der Waals surface area contributed by atoms with Crippen LogP contribution in [0, 0.1) is 0 Å². The molecule has 0 unspecified atom stereocenters. The fourth-order valence-corrected chi connectivity index (χ4v) is 4.84. The molecule has 0 aliphatic carbocycles. The first kappa shape index (κ1) is 14.3. The Hall–Kier alpha value is -2.07. The summed E-state index contributed by atoms with van der Waals surface area (Å²) in [5.41, 5.74) is 5.68. The Kier molecular flexibility index (Phi) is 3.27. The number of piperidine rings is 1. The van der Waals surface area contributed by atoms with Gasteiger partial charge in [0.15, 0.2) is 0 Å². The lowest BCUT2D eigenvalue weighted by Gasteiger charge is -2.41. The van der Waals surface area contributed by atoms with Gasteiger partial charge < -0.3 is 9.80 Å². The first-order valence-corrected chi connectivity index (χ1v) is 9.04. The Morgan fingerprint density at radius 3 is 2.92 bits per heavy atom. The molecule has 124 valence electrons. The summed E-state index contributed by atoms with van der Waals surface area (Å²) in [6.45, 7) is 5.60. The van der Waals surface area contributed by atoms with Gasteiger partial charge in [-0.05, 0) is 30.2 Å². The highest BCUT2D eigenvalue weighted by molar-refractivity contribution is 5.80. The predicted molar refractivity (Wildman–Crippen MR) is 97.7 cm³/mol. The number of para-hydroxylation sites is 1. The van der Waals surface area contributed by atoms with Crippen LogP contribution in [0.15, 0.2) is 42.6 Å². The van der Waals surface area contributed by atoms with Crippen LogP contribution in [0.25, 0.3) is 0 Å². The van der Waals surface area contributed by atoms with Gasteiger partial charge in [0.25, 0.3) is 0 Å². The third kappa shape index (κ3) is 2.13. The molecule has 4 heterocycles. The summed E-state index contributed by atoms with van der Waals surface area (Å²) in [6, 6.07) is 13.8. The normalized spacial score (nSPS) is 25.5. The molecule has 1 aromatic heterocycles. The van der Waals surface area contributed by atoms with E-state index in [1.807, 2.05) is 12.3 Å². The summed E-state index contributed by atoms with van der Waals surface area (Å²) in [5.74, 6) is 0.643. The van der Waals surface area contributed by atoms with Crippen LogP contribution in [0.3, 0.4) is 0 Å². The Balaban J connectivity index is 1.44. The van der Waals surface area contributed by atoms with E-state index in [4.69, 9.17) is 0 Å². The lowest BCUT2D eigenvalue weighted by atomic mass is 9.89. The lowest BCUT2D eigenvalue weighted by molar-refractivity contribution is 0.184. The van der Waals surface area contributed by atoms with Gasteiger partial charge >= 0.3 is 0 Å².